The molecule has 0 saturated carbocycles. The summed E-state index contributed by atoms with van der Waals surface area (Å²) in [5, 5.41) is 5.16. The van der Waals surface area contributed by atoms with E-state index in [1.54, 1.807) is 0 Å². The predicted molar refractivity (Wildman–Crippen MR) is 90.9 cm³/mol. The fourth-order valence-electron chi connectivity index (χ4n) is 3.30. The number of hydrogen-bond acceptors (Lipinski definition) is 4. The van der Waals surface area contributed by atoms with Crippen molar-refractivity contribution in [1.29, 1.82) is 0 Å². The molecule has 5 heteroatoms. The number of nitrogens with zero attached hydrogens (tertiary/aromatic N) is 1. The lowest BCUT2D eigenvalue weighted by atomic mass is 10.1. The lowest BCUT2D eigenvalue weighted by Crippen LogP contribution is -2.42. The Labute approximate surface area is 140 Å². The van der Waals surface area contributed by atoms with Gasteiger partial charge in [0.2, 0.25) is 5.91 Å². The summed E-state index contributed by atoms with van der Waals surface area (Å²) >= 11 is 1.82. The molecule has 120 valence electrons. The van der Waals surface area contributed by atoms with Crippen molar-refractivity contribution in [3.8, 4) is 5.75 Å². The lowest BCUT2D eigenvalue weighted by Gasteiger charge is -2.26. The Morgan fingerprint density at radius 1 is 1.30 bits per heavy atom. The molecule has 0 aliphatic carbocycles. The molecular weight excluding hydrogens is 308 g/mol. The molecule has 23 heavy (non-hydrogen) atoms. The van der Waals surface area contributed by atoms with Crippen LogP contribution in [0.25, 0.3) is 0 Å². The SMILES string of the molecule is O=C(CN1CCc2sccc2C1)NCC1Cc2ccccc2O1. The number of benzene rings is 1. The zero-order valence-corrected chi connectivity index (χ0v) is 13.8. The molecule has 0 spiro atoms. The first-order chi connectivity index (χ1) is 11.3. The van der Waals surface area contributed by atoms with Crippen molar-refractivity contribution in [1.82, 2.24) is 10.2 Å². The van der Waals surface area contributed by atoms with Crippen LogP contribution in [0.4, 0.5) is 0 Å². The number of ether oxygens (including phenoxy) is 1. The lowest BCUT2D eigenvalue weighted by molar-refractivity contribution is -0.122. The van der Waals surface area contributed by atoms with E-state index in [0.717, 1.165) is 31.7 Å². The van der Waals surface area contributed by atoms with Gasteiger partial charge in [-0.1, -0.05) is 18.2 Å². The zero-order chi connectivity index (χ0) is 15.6. The summed E-state index contributed by atoms with van der Waals surface area (Å²) in [7, 11) is 0. The minimum absolute atomic E-state index is 0.0567. The second-order valence-corrected chi connectivity index (χ2v) is 7.19. The third-order valence-corrected chi connectivity index (χ3v) is 5.52. The second kappa shape index (κ2) is 6.34. The predicted octanol–water partition coefficient (Wildman–Crippen LogP) is 2.23. The molecule has 1 N–H and O–H groups in total. The Morgan fingerprint density at radius 3 is 3.13 bits per heavy atom. The van der Waals surface area contributed by atoms with Crippen molar-refractivity contribution < 1.29 is 9.53 Å². The van der Waals surface area contributed by atoms with Gasteiger partial charge in [-0.3, -0.25) is 9.69 Å². The highest BCUT2D eigenvalue weighted by molar-refractivity contribution is 7.10. The number of para-hydroxylation sites is 1. The van der Waals surface area contributed by atoms with Crippen LogP contribution < -0.4 is 10.1 Å². The van der Waals surface area contributed by atoms with Gasteiger partial charge in [-0.05, 0) is 35.1 Å². The first-order valence-electron chi connectivity index (χ1n) is 8.07. The van der Waals surface area contributed by atoms with Gasteiger partial charge in [0.25, 0.3) is 0 Å². The third kappa shape index (κ3) is 3.26. The summed E-state index contributed by atoms with van der Waals surface area (Å²) in [5.41, 5.74) is 2.61. The maximum atomic E-state index is 12.2. The van der Waals surface area contributed by atoms with E-state index < -0.39 is 0 Å². The fourth-order valence-corrected chi connectivity index (χ4v) is 4.19. The van der Waals surface area contributed by atoms with Gasteiger partial charge in [0, 0.05) is 24.4 Å². The Bertz CT molecular complexity index is 688. The van der Waals surface area contributed by atoms with Gasteiger partial charge in [0.1, 0.15) is 11.9 Å². The highest BCUT2D eigenvalue weighted by atomic mass is 32.1. The first-order valence-corrected chi connectivity index (χ1v) is 8.95. The summed E-state index contributed by atoms with van der Waals surface area (Å²) in [5.74, 6) is 1.04. The molecule has 0 radical (unpaired) electrons. The monoisotopic (exact) mass is 328 g/mol. The molecule has 0 bridgehead atoms. The van der Waals surface area contributed by atoms with Crippen LogP contribution in [0.2, 0.25) is 0 Å². The van der Waals surface area contributed by atoms with Crippen molar-refractivity contribution in [3.05, 3.63) is 51.7 Å². The summed E-state index contributed by atoms with van der Waals surface area (Å²) in [6.07, 6.45) is 1.99. The van der Waals surface area contributed by atoms with Crippen molar-refractivity contribution in [3.63, 3.8) is 0 Å². The average molecular weight is 328 g/mol. The molecular formula is C18H20N2O2S. The molecule has 1 aromatic carbocycles. The van der Waals surface area contributed by atoms with Gasteiger partial charge < -0.3 is 10.1 Å². The van der Waals surface area contributed by atoms with E-state index >= 15 is 0 Å². The minimum Gasteiger partial charge on any atom is -0.488 e. The molecule has 4 nitrogen and oxygen atoms in total. The topological polar surface area (TPSA) is 41.6 Å². The summed E-state index contributed by atoms with van der Waals surface area (Å²) in [6.45, 7) is 2.89. The Kier molecular flexibility index (Phi) is 4.06. The number of hydrogen-bond donors (Lipinski definition) is 1. The van der Waals surface area contributed by atoms with E-state index in [9.17, 15) is 4.79 Å². The average Bonchev–Trinajstić information content (AvgIpc) is 3.18. The van der Waals surface area contributed by atoms with E-state index in [1.807, 2.05) is 29.5 Å². The largest absolute Gasteiger partial charge is 0.488 e. The van der Waals surface area contributed by atoms with Crippen molar-refractivity contribution in [2.75, 3.05) is 19.6 Å². The number of nitrogens with one attached hydrogen (secondary N) is 1. The summed E-state index contributed by atoms with van der Waals surface area (Å²) in [4.78, 5) is 15.9. The third-order valence-electron chi connectivity index (χ3n) is 4.49. The van der Waals surface area contributed by atoms with Gasteiger partial charge in [-0.25, -0.2) is 0 Å². The first kappa shape index (κ1) is 14.7. The number of thiophene rings is 1. The highest BCUT2D eigenvalue weighted by Gasteiger charge is 2.23. The quantitative estimate of drug-likeness (QED) is 0.936. The van der Waals surface area contributed by atoms with E-state index in [1.165, 1.54) is 16.0 Å². The van der Waals surface area contributed by atoms with Gasteiger partial charge in [0.15, 0.2) is 0 Å². The number of carbonyl (C=O) groups is 1. The van der Waals surface area contributed by atoms with Crippen molar-refractivity contribution in [2.24, 2.45) is 0 Å². The van der Waals surface area contributed by atoms with Crippen LogP contribution in [0.1, 0.15) is 16.0 Å². The maximum absolute atomic E-state index is 12.2. The number of carbonyl (C=O) groups excluding carboxylic acids is 1. The van der Waals surface area contributed by atoms with Gasteiger partial charge in [-0.15, -0.1) is 11.3 Å². The molecule has 0 saturated heterocycles. The molecule has 0 fully saturated rings. The zero-order valence-electron chi connectivity index (χ0n) is 13.0. The van der Waals surface area contributed by atoms with Gasteiger partial charge >= 0.3 is 0 Å². The van der Waals surface area contributed by atoms with E-state index in [0.29, 0.717) is 13.1 Å². The molecule has 1 atom stereocenters. The molecule has 1 unspecified atom stereocenters. The Morgan fingerprint density at radius 2 is 2.22 bits per heavy atom. The van der Waals surface area contributed by atoms with Gasteiger partial charge in [0.05, 0.1) is 13.1 Å². The van der Waals surface area contributed by atoms with E-state index in [2.05, 4.69) is 27.7 Å². The maximum Gasteiger partial charge on any atom is 0.234 e. The highest BCUT2D eigenvalue weighted by Crippen LogP contribution is 2.27. The Balaban J connectivity index is 1.24. The number of fused-ring (bicyclic) bond motifs is 2. The molecule has 2 aliphatic heterocycles. The fraction of sp³-hybridized carbons (Fsp3) is 0.389. The summed E-state index contributed by atoms with van der Waals surface area (Å²) < 4.78 is 5.86. The van der Waals surface area contributed by atoms with E-state index in [-0.39, 0.29) is 12.0 Å². The van der Waals surface area contributed by atoms with Crippen LogP contribution in [0.15, 0.2) is 35.7 Å². The van der Waals surface area contributed by atoms with Crippen LogP contribution in [0.5, 0.6) is 5.75 Å². The van der Waals surface area contributed by atoms with Crippen LogP contribution in [-0.4, -0.2) is 36.5 Å². The molecule has 4 rings (SSSR count). The molecule has 2 aliphatic rings. The van der Waals surface area contributed by atoms with Crippen LogP contribution in [0, 0.1) is 0 Å². The summed E-state index contributed by atoms with van der Waals surface area (Å²) in [6, 6.07) is 10.3. The number of rotatable bonds is 4. The van der Waals surface area contributed by atoms with Crippen LogP contribution in [-0.2, 0) is 24.2 Å². The van der Waals surface area contributed by atoms with E-state index in [4.69, 9.17) is 4.74 Å². The number of amides is 1. The molecule has 3 heterocycles. The molecule has 1 aromatic heterocycles. The van der Waals surface area contributed by atoms with Crippen molar-refractivity contribution >= 4 is 17.2 Å². The normalized spacial score (nSPS) is 19.7. The Hall–Kier alpha value is -1.85. The van der Waals surface area contributed by atoms with Gasteiger partial charge in [-0.2, -0.15) is 0 Å². The molecule has 1 amide bonds. The standard InChI is InChI=1S/C18H20N2O2S/c21-18(12-20-7-5-17-14(11-20)6-8-23-17)19-10-15-9-13-3-1-2-4-16(13)22-15/h1-4,6,8,15H,5,7,9-12H2,(H,19,21). The smallest absolute Gasteiger partial charge is 0.234 e. The van der Waals surface area contributed by atoms with Crippen LogP contribution in [0.3, 0.4) is 0 Å². The molecule has 2 aromatic rings. The van der Waals surface area contributed by atoms with Crippen LogP contribution >= 0.6 is 11.3 Å². The minimum atomic E-state index is 0.0567. The van der Waals surface area contributed by atoms with Crippen molar-refractivity contribution in [2.45, 2.75) is 25.5 Å². The second-order valence-electron chi connectivity index (χ2n) is 6.19.